The van der Waals surface area contributed by atoms with Gasteiger partial charge in [0, 0.05) is 32.7 Å². The topological polar surface area (TPSA) is 15.7 Å². The number of hydrogen-bond donors (Lipinski definition) is 0. The zero-order valence-corrected chi connectivity index (χ0v) is 13.3. The maximum Gasteiger partial charge on any atom is 0.251 e. The summed E-state index contributed by atoms with van der Waals surface area (Å²) < 4.78 is 29.8. The minimum absolute atomic E-state index is 0.103. The number of ether oxygens (including phenoxy) is 1. The molecule has 0 aromatic heterocycles. The van der Waals surface area contributed by atoms with Gasteiger partial charge in [0.2, 0.25) is 0 Å². The molecule has 1 aliphatic rings. The zero-order valence-electron chi connectivity index (χ0n) is 13.3. The van der Waals surface area contributed by atoms with Gasteiger partial charge in [0.05, 0.1) is 13.7 Å². The van der Waals surface area contributed by atoms with Gasteiger partial charge in [-0.15, -0.1) is 0 Å². The molecule has 0 radical (unpaired) electrons. The van der Waals surface area contributed by atoms with Gasteiger partial charge in [0.1, 0.15) is 5.75 Å². The van der Waals surface area contributed by atoms with Crippen molar-refractivity contribution in [2.24, 2.45) is 0 Å². The van der Waals surface area contributed by atoms with Crippen LogP contribution in [0.1, 0.15) is 12.5 Å². The fraction of sp³-hybridized carbons (Fsp3) is 0.529. The molecule has 0 bridgehead atoms. The first-order valence-electron chi connectivity index (χ1n) is 7.61. The highest BCUT2D eigenvalue weighted by atomic mass is 19.3. The fourth-order valence-corrected chi connectivity index (χ4v) is 2.71. The number of benzene rings is 1. The fourth-order valence-electron chi connectivity index (χ4n) is 2.71. The Labute approximate surface area is 131 Å². The predicted octanol–water partition coefficient (Wildman–Crippen LogP) is 2.98. The van der Waals surface area contributed by atoms with Crippen molar-refractivity contribution in [3.63, 3.8) is 0 Å². The van der Waals surface area contributed by atoms with Gasteiger partial charge < -0.3 is 4.74 Å². The van der Waals surface area contributed by atoms with Crippen LogP contribution in [0.5, 0.6) is 5.75 Å². The summed E-state index contributed by atoms with van der Waals surface area (Å²) in [7, 11) is 1.66. The average molecular weight is 310 g/mol. The van der Waals surface area contributed by atoms with Crippen molar-refractivity contribution in [1.29, 1.82) is 0 Å². The highest BCUT2D eigenvalue weighted by Gasteiger charge is 2.19. The molecule has 0 N–H and O–H groups in total. The number of alkyl halides is 2. The summed E-state index contributed by atoms with van der Waals surface area (Å²) >= 11 is 0. The van der Waals surface area contributed by atoms with Crippen molar-refractivity contribution < 1.29 is 13.5 Å². The summed E-state index contributed by atoms with van der Waals surface area (Å²) in [4.78, 5) is 4.15. The van der Waals surface area contributed by atoms with Gasteiger partial charge >= 0.3 is 0 Å². The Morgan fingerprint density at radius 1 is 1.14 bits per heavy atom. The van der Waals surface area contributed by atoms with Crippen molar-refractivity contribution >= 4 is 6.08 Å². The predicted molar refractivity (Wildman–Crippen MR) is 85.5 cm³/mol. The lowest BCUT2D eigenvalue weighted by Crippen LogP contribution is -2.48. The maximum absolute atomic E-state index is 12.3. The van der Waals surface area contributed by atoms with Crippen LogP contribution in [-0.2, 0) is 0 Å². The summed E-state index contributed by atoms with van der Waals surface area (Å²) in [6.45, 7) is 6.03. The van der Waals surface area contributed by atoms with E-state index in [9.17, 15) is 8.78 Å². The highest BCUT2D eigenvalue weighted by molar-refractivity contribution is 5.53. The van der Waals surface area contributed by atoms with Crippen LogP contribution < -0.4 is 4.74 Å². The number of nitrogens with zero attached hydrogens (tertiary/aromatic N) is 2. The van der Waals surface area contributed by atoms with Crippen molar-refractivity contribution in [3.05, 3.63) is 35.4 Å². The molecule has 3 nitrogen and oxygen atoms in total. The highest BCUT2D eigenvalue weighted by Crippen LogP contribution is 2.15. The Morgan fingerprint density at radius 3 is 2.27 bits per heavy atom. The summed E-state index contributed by atoms with van der Waals surface area (Å²) in [5.74, 6) is 0.852. The molecule has 122 valence electrons. The van der Waals surface area contributed by atoms with Crippen LogP contribution in [-0.4, -0.2) is 62.6 Å². The number of hydrogen-bond acceptors (Lipinski definition) is 3. The third-order valence-corrected chi connectivity index (χ3v) is 3.86. The van der Waals surface area contributed by atoms with Crippen LogP contribution in [0, 0.1) is 0 Å². The first-order chi connectivity index (χ1) is 10.6. The summed E-state index contributed by atoms with van der Waals surface area (Å²) in [6, 6.07) is 7.95. The lowest BCUT2D eigenvalue weighted by atomic mass is 10.1. The minimum atomic E-state index is -2.23. The minimum Gasteiger partial charge on any atom is -0.497 e. The molecule has 0 unspecified atom stereocenters. The molecule has 1 heterocycles. The van der Waals surface area contributed by atoms with Crippen LogP contribution in [0.25, 0.3) is 6.08 Å². The van der Waals surface area contributed by atoms with Crippen LogP contribution in [0.4, 0.5) is 8.78 Å². The van der Waals surface area contributed by atoms with Crippen molar-refractivity contribution in [2.75, 3.05) is 46.4 Å². The first-order valence-corrected chi connectivity index (χ1v) is 7.61. The molecule has 0 spiro atoms. The molecular weight excluding hydrogens is 286 g/mol. The molecule has 0 amide bonds. The first kappa shape index (κ1) is 16.9. The zero-order chi connectivity index (χ0) is 15.9. The third kappa shape index (κ3) is 5.39. The summed E-state index contributed by atoms with van der Waals surface area (Å²) in [5, 5.41) is 0. The SMILES string of the molecule is COc1ccc(C=C(C)CN2CCN(CC(F)F)CC2)cc1. The standard InChI is InChI=1S/C17H24F2N2O/c1-14(11-15-3-5-16(22-2)6-4-15)12-20-7-9-21(10-8-20)13-17(18)19/h3-6,11,17H,7-10,12-13H2,1-2H3. The Balaban J connectivity index is 1.81. The number of rotatable bonds is 6. The largest absolute Gasteiger partial charge is 0.497 e. The van der Waals surface area contributed by atoms with Gasteiger partial charge in [0.15, 0.2) is 0 Å². The normalized spacial score (nSPS) is 18.0. The Bertz CT molecular complexity index is 480. The van der Waals surface area contributed by atoms with Crippen LogP contribution >= 0.6 is 0 Å². The van der Waals surface area contributed by atoms with E-state index in [2.05, 4.69) is 17.9 Å². The van der Waals surface area contributed by atoms with E-state index >= 15 is 0 Å². The Morgan fingerprint density at radius 2 is 1.73 bits per heavy atom. The lowest BCUT2D eigenvalue weighted by Gasteiger charge is -2.34. The molecule has 1 saturated heterocycles. The van der Waals surface area contributed by atoms with E-state index in [1.165, 1.54) is 5.57 Å². The molecule has 22 heavy (non-hydrogen) atoms. The monoisotopic (exact) mass is 310 g/mol. The van der Waals surface area contributed by atoms with E-state index in [4.69, 9.17) is 4.74 Å². The van der Waals surface area contributed by atoms with Gasteiger partial charge in [-0.05, 0) is 24.6 Å². The van der Waals surface area contributed by atoms with Gasteiger partial charge in [-0.2, -0.15) is 0 Å². The third-order valence-electron chi connectivity index (χ3n) is 3.86. The van der Waals surface area contributed by atoms with E-state index < -0.39 is 6.43 Å². The quantitative estimate of drug-likeness (QED) is 0.803. The second-order valence-electron chi connectivity index (χ2n) is 5.73. The van der Waals surface area contributed by atoms with Crippen molar-refractivity contribution in [3.8, 4) is 5.75 Å². The van der Waals surface area contributed by atoms with Crippen molar-refractivity contribution in [2.45, 2.75) is 13.3 Å². The molecule has 0 atom stereocenters. The Hall–Kier alpha value is -1.46. The van der Waals surface area contributed by atoms with Crippen LogP contribution in [0.15, 0.2) is 29.8 Å². The van der Waals surface area contributed by atoms with E-state index in [0.29, 0.717) is 0 Å². The molecule has 5 heteroatoms. The number of piperazine rings is 1. The van der Waals surface area contributed by atoms with Gasteiger partial charge in [0.25, 0.3) is 6.43 Å². The molecule has 0 saturated carbocycles. The lowest BCUT2D eigenvalue weighted by molar-refractivity contribution is 0.0586. The summed E-state index contributed by atoms with van der Waals surface area (Å²) in [6.07, 6.45) is -0.0754. The smallest absolute Gasteiger partial charge is 0.251 e. The molecule has 1 aliphatic heterocycles. The molecule has 2 rings (SSSR count). The average Bonchev–Trinajstić information content (AvgIpc) is 2.49. The number of methoxy groups -OCH3 is 1. The van der Waals surface area contributed by atoms with Gasteiger partial charge in [-0.3, -0.25) is 9.80 Å². The van der Waals surface area contributed by atoms with Crippen molar-refractivity contribution in [1.82, 2.24) is 9.80 Å². The van der Waals surface area contributed by atoms with E-state index in [0.717, 1.165) is 44.0 Å². The second-order valence-corrected chi connectivity index (χ2v) is 5.73. The van der Waals surface area contributed by atoms with Crippen LogP contribution in [0.3, 0.4) is 0 Å². The molecule has 1 aromatic rings. The Kier molecular flexibility index (Phi) is 6.34. The van der Waals surface area contributed by atoms with Gasteiger partial charge in [-0.25, -0.2) is 8.78 Å². The van der Waals surface area contributed by atoms with Gasteiger partial charge in [-0.1, -0.05) is 23.8 Å². The van der Waals surface area contributed by atoms with E-state index in [1.807, 2.05) is 29.2 Å². The molecular formula is C17H24F2N2O. The number of halogens is 2. The second kappa shape index (κ2) is 8.25. The molecule has 1 fully saturated rings. The summed E-state index contributed by atoms with van der Waals surface area (Å²) in [5.41, 5.74) is 2.42. The van der Waals surface area contributed by atoms with E-state index in [-0.39, 0.29) is 6.54 Å². The molecule has 0 aliphatic carbocycles. The maximum atomic E-state index is 12.3. The molecule has 1 aromatic carbocycles. The van der Waals surface area contributed by atoms with Crippen LogP contribution in [0.2, 0.25) is 0 Å². The van der Waals surface area contributed by atoms with E-state index in [1.54, 1.807) is 7.11 Å².